The lowest BCUT2D eigenvalue weighted by Crippen LogP contribution is -2.51. The van der Waals surface area contributed by atoms with Crippen LogP contribution in [-0.4, -0.2) is 25.2 Å². The molecule has 2 heterocycles. The van der Waals surface area contributed by atoms with E-state index in [1.165, 1.54) is 22.7 Å². The number of benzene rings is 2. The van der Waals surface area contributed by atoms with Crippen molar-refractivity contribution in [1.29, 1.82) is 0 Å². The van der Waals surface area contributed by atoms with Gasteiger partial charge in [0.05, 0.1) is 34.8 Å². The number of nitrogens with one attached hydrogen (secondary N) is 4. The van der Waals surface area contributed by atoms with Gasteiger partial charge in [-0.15, -0.1) is 0 Å². The van der Waals surface area contributed by atoms with Gasteiger partial charge < -0.3 is 21.3 Å². The van der Waals surface area contributed by atoms with Gasteiger partial charge >= 0.3 is 0 Å². The summed E-state index contributed by atoms with van der Waals surface area (Å²) < 4.78 is 0. The quantitative estimate of drug-likeness (QED) is 0.641. The molecule has 20 heavy (non-hydrogen) atoms. The van der Waals surface area contributed by atoms with Crippen LogP contribution in [0.25, 0.3) is 0 Å². The third-order valence-electron chi connectivity index (χ3n) is 4.05. The van der Waals surface area contributed by atoms with Crippen molar-refractivity contribution in [1.82, 2.24) is 0 Å². The molecule has 0 spiro atoms. The van der Waals surface area contributed by atoms with Gasteiger partial charge in [-0.25, -0.2) is 0 Å². The zero-order valence-corrected chi connectivity index (χ0v) is 11.2. The lowest BCUT2D eigenvalue weighted by molar-refractivity contribution is 0.613. The van der Waals surface area contributed by atoms with E-state index in [9.17, 15) is 0 Å². The van der Waals surface area contributed by atoms with Gasteiger partial charge in [0.2, 0.25) is 0 Å². The van der Waals surface area contributed by atoms with E-state index in [0.717, 1.165) is 13.1 Å². The Morgan fingerprint density at radius 3 is 1.45 bits per heavy atom. The molecule has 0 saturated carbocycles. The average molecular weight is 266 g/mol. The third-order valence-corrected chi connectivity index (χ3v) is 4.05. The average Bonchev–Trinajstić information content (AvgIpc) is 2.54. The molecule has 0 fully saturated rings. The van der Waals surface area contributed by atoms with Crippen LogP contribution in [0.4, 0.5) is 22.7 Å². The maximum atomic E-state index is 3.63. The van der Waals surface area contributed by atoms with Gasteiger partial charge in [-0.1, -0.05) is 24.3 Å². The molecule has 2 aliphatic rings. The second-order valence-corrected chi connectivity index (χ2v) is 5.35. The summed E-state index contributed by atoms with van der Waals surface area (Å²) >= 11 is 0. The number of hydrogen-bond acceptors (Lipinski definition) is 4. The van der Waals surface area contributed by atoms with Crippen molar-refractivity contribution in [2.75, 3.05) is 34.4 Å². The Morgan fingerprint density at radius 2 is 1.00 bits per heavy atom. The molecule has 0 saturated heterocycles. The van der Waals surface area contributed by atoms with E-state index in [2.05, 4.69) is 69.8 Å². The number of rotatable bonds is 1. The molecule has 0 aliphatic carbocycles. The molecule has 102 valence electrons. The highest BCUT2D eigenvalue weighted by molar-refractivity contribution is 5.74. The van der Waals surface area contributed by atoms with Crippen molar-refractivity contribution >= 4 is 22.7 Å². The fourth-order valence-electron chi connectivity index (χ4n) is 2.95. The highest BCUT2D eigenvalue weighted by Crippen LogP contribution is 2.30. The Bertz CT molecular complexity index is 570. The molecule has 4 heteroatoms. The molecule has 0 radical (unpaired) electrons. The van der Waals surface area contributed by atoms with Crippen LogP contribution >= 0.6 is 0 Å². The Kier molecular flexibility index (Phi) is 2.66. The normalized spacial score (nSPS) is 23.2. The van der Waals surface area contributed by atoms with E-state index in [1.54, 1.807) is 0 Å². The monoisotopic (exact) mass is 266 g/mol. The fourth-order valence-corrected chi connectivity index (χ4v) is 2.95. The third kappa shape index (κ3) is 1.93. The number of hydrogen-bond donors (Lipinski definition) is 4. The number of para-hydroxylation sites is 4. The van der Waals surface area contributed by atoms with E-state index in [-0.39, 0.29) is 0 Å². The van der Waals surface area contributed by atoms with E-state index in [1.807, 2.05) is 0 Å². The van der Waals surface area contributed by atoms with E-state index < -0.39 is 0 Å². The summed E-state index contributed by atoms with van der Waals surface area (Å²) in [5.41, 5.74) is 4.75. The summed E-state index contributed by atoms with van der Waals surface area (Å²) in [6.07, 6.45) is 0. The molecule has 0 bridgehead atoms. The Morgan fingerprint density at radius 1 is 0.600 bits per heavy atom. The first-order valence-corrected chi connectivity index (χ1v) is 7.09. The minimum absolute atomic E-state index is 0.366. The van der Waals surface area contributed by atoms with Crippen molar-refractivity contribution in [3.05, 3.63) is 48.5 Å². The van der Waals surface area contributed by atoms with Crippen molar-refractivity contribution < 1.29 is 0 Å². The van der Waals surface area contributed by atoms with Crippen LogP contribution in [0, 0.1) is 0 Å². The Labute approximate surface area is 118 Å². The zero-order chi connectivity index (χ0) is 13.4. The lowest BCUT2D eigenvalue weighted by Gasteiger charge is -2.38. The summed E-state index contributed by atoms with van der Waals surface area (Å²) in [7, 11) is 0. The first kappa shape index (κ1) is 11.5. The molecule has 0 amide bonds. The summed E-state index contributed by atoms with van der Waals surface area (Å²) in [4.78, 5) is 0. The van der Waals surface area contributed by atoms with Crippen LogP contribution in [0.15, 0.2) is 48.5 Å². The molecule has 2 aliphatic heterocycles. The van der Waals surface area contributed by atoms with Crippen LogP contribution in [0.3, 0.4) is 0 Å². The fraction of sp³-hybridized carbons (Fsp3) is 0.250. The largest absolute Gasteiger partial charge is 0.381 e. The predicted octanol–water partition coefficient (Wildman–Crippen LogP) is 2.80. The SMILES string of the molecule is c1ccc2c(c1)NCC(C1CNc3ccccc3N1)N2. The molecule has 4 rings (SSSR count). The summed E-state index contributed by atoms with van der Waals surface area (Å²) in [6.45, 7) is 1.86. The molecule has 4 nitrogen and oxygen atoms in total. The molecule has 2 atom stereocenters. The topological polar surface area (TPSA) is 48.1 Å². The summed E-state index contributed by atoms with van der Waals surface area (Å²) in [5.74, 6) is 0. The maximum absolute atomic E-state index is 3.63. The molecule has 2 aromatic rings. The van der Waals surface area contributed by atoms with Gasteiger partial charge in [-0.2, -0.15) is 0 Å². The second-order valence-electron chi connectivity index (χ2n) is 5.35. The van der Waals surface area contributed by atoms with Gasteiger partial charge in [-0.3, -0.25) is 0 Å². The molecule has 2 aromatic carbocycles. The molecule has 0 aromatic heterocycles. The minimum atomic E-state index is 0.366. The van der Waals surface area contributed by atoms with Crippen molar-refractivity contribution in [3.8, 4) is 0 Å². The van der Waals surface area contributed by atoms with E-state index >= 15 is 0 Å². The van der Waals surface area contributed by atoms with Crippen LogP contribution < -0.4 is 21.3 Å². The van der Waals surface area contributed by atoms with Gasteiger partial charge in [0.25, 0.3) is 0 Å². The van der Waals surface area contributed by atoms with Crippen molar-refractivity contribution in [2.45, 2.75) is 12.1 Å². The summed E-state index contributed by atoms with van der Waals surface area (Å²) in [5, 5.41) is 14.3. The highest BCUT2D eigenvalue weighted by atomic mass is 15.2. The maximum Gasteiger partial charge on any atom is 0.0653 e. The van der Waals surface area contributed by atoms with Crippen LogP contribution in [0.1, 0.15) is 0 Å². The first-order valence-electron chi connectivity index (χ1n) is 7.09. The van der Waals surface area contributed by atoms with Crippen LogP contribution in [0.2, 0.25) is 0 Å². The number of fused-ring (bicyclic) bond motifs is 2. The van der Waals surface area contributed by atoms with Crippen LogP contribution in [0.5, 0.6) is 0 Å². The molecular formula is C16H18N4. The molecule has 4 N–H and O–H groups in total. The smallest absolute Gasteiger partial charge is 0.0653 e. The van der Waals surface area contributed by atoms with E-state index in [0.29, 0.717) is 12.1 Å². The molecule has 2 unspecified atom stereocenters. The minimum Gasteiger partial charge on any atom is -0.381 e. The first-order chi connectivity index (χ1) is 9.90. The lowest BCUT2D eigenvalue weighted by atomic mass is 10.0. The van der Waals surface area contributed by atoms with Crippen LogP contribution in [-0.2, 0) is 0 Å². The van der Waals surface area contributed by atoms with E-state index in [4.69, 9.17) is 0 Å². The standard InChI is InChI=1S/C16H18N4/c1-3-7-13-11(5-1)17-9-15(19-13)16-10-18-12-6-2-4-8-14(12)20-16/h1-8,15-20H,9-10H2. The Balaban J connectivity index is 1.53. The zero-order valence-electron chi connectivity index (χ0n) is 11.2. The van der Waals surface area contributed by atoms with Gasteiger partial charge in [0.15, 0.2) is 0 Å². The van der Waals surface area contributed by atoms with Gasteiger partial charge in [0, 0.05) is 13.1 Å². The molecular weight excluding hydrogens is 248 g/mol. The van der Waals surface area contributed by atoms with Crippen molar-refractivity contribution in [2.24, 2.45) is 0 Å². The van der Waals surface area contributed by atoms with Gasteiger partial charge in [-0.05, 0) is 24.3 Å². The second kappa shape index (κ2) is 4.63. The summed E-state index contributed by atoms with van der Waals surface area (Å²) in [6, 6.07) is 17.5. The van der Waals surface area contributed by atoms with Crippen molar-refractivity contribution in [3.63, 3.8) is 0 Å². The van der Waals surface area contributed by atoms with Gasteiger partial charge in [0.1, 0.15) is 0 Å². The predicted molar refractivity (Wildman–Crippen MR) is 84.7 cm³/mol. The highest BCUT2D eigenvalue weighted by Gasteiger charge is 2.28. The Hall–Kier alpha value is -2.36. The number of anilines is 4.